The quantitative estimate of drug-likeness (QED) is 0.515. The number of carbonyl (C=O) groups excluding carboxylic acids is 3. The first-order valence-electron chi connectivity index (χ1n) is 5.95. The molecule has 0 aromatic carbocycles. The van der Waals surface area contributed by atoms with Gasteiger partial charge in [-0.15, -0.1) is 0 Å². The van der Waals surface area contributed by atoms with Crippen LogP contribution in [0.1, 0.15) is 26.7 Å². The Bertz CT molecular complexity index is 314. The molecule has 0 aromatic rings. The van der Waals surface area contributed by atoms with Gasteiger partial charge in [-0.05, 0) is 6.92 Å². The fourth-order valence-electron chi connectivity index (χ4n) is 1.92. The molecule has 0 radical (unpaired) electrons. The molecule has 96 valence electrons. The van der Waals surface area contributed by atoms with Crippen LogP contribution in [-0.4, -0.2) is 48.7 Å². The number of nitrogens with zero attached hydrogens (tertiary/aromatic N) is 1. The fourth-order valence-corrected chi connectivity index (χ4v) is 1.92. The fraction of sp³-hybridized carbons (Fsp3) is 0.750. The molecule has 1 fully saturated rings. The number of ether oxygens (including phenoxy) is 1. The largest absolute Gasteiger partial charge is 0.466 e. The molecule has 1 saturated heterocycles. The van der Waals surface area contributed by atoms with Gasteiger partial charge in [0.25, 0.3) is 0 Å². The minimum absolute atomic E-state index is 0.0147. The lowest BCUT2D eigenvalue weighted by Gasteiger charge is -2.29. The monoisotopic (exact) mass is 241 g/mol. The van der Waals surface area contributed by atoms with E-state index in [1.165, 1.54) is 0 Å². The van der Waals surface area contributed by atoms with Gasteiger partial charge in [0.05, 0.1) is 13.2 Å². The van der Waals surface area contributed by atoms with Crippen LogP contribution in [0, 0.1) is 5.92 Å². The molecule has 0 spiro atoms. The Morgan fingerprint density at radius 3 is 2.76 bits per heavy atom. The summed E-state index contributed by atoms with van der Waals surface area (Å²) in [6.07, 6.45) is 0.320. The number of carbonyl (C=O) groups is 3. The highest BCUT2D eigenvalue weighted by molar-refractivity contribution is 5.96. The average Bonchev–Trinajstić information content (AvgIpc) is 2.23. The van der Waals surface area contributed by atoms with Crippen molar-refractivity contribution in [1.29, 1.82) is 0 Å². The molecule has 0 saturated carbocycles. The summed E-state index contributed by atoms with van der Waals surface area (Å²) >= 11 is 0. The molecule has 5 nitrogen and oxygen atoms in total. The van der Waals surface area contributed by atoms with Gasteiger partial charge in [0.2, 0.25) is 0 Å². The van der Waals surface area contributed by atoms with Crippen molar-refractivity contribution in [2.24, 2.45) is 5.92 Å². The molecule has 17 heavy (non-hydrogen) atoms. The third-order valence-electron chi connectivity index (χ3n) is 2.80. The van der Waals surface area contributed by atoms with Gasteiger partial charge in [-0.1, -0.05) is 6.92 Å². The summed E-state index contributed by atoms with van der Waals surface area (Å²) in [5, 5.41) is 0. The maximum absolute atomic E-state index is 11.6. The Hall–Kier alpha value is -1.23. The van der Waals surface area contributed by atoms with Crippen LogP contribution in [0.3, 0.4) is 0 Å². The van der Waals surface area contributed by atoms with Crippen LogP contribution in [0.4, 0.5) is 0 Å². The first-order chi connectivity index (χ1) is 8.02. The number of Topliss-reactive ketones (excluding diaryl/α,β-unsaturated/α-hetero) is 2. The summed E-state index contributed by atoms with van der Waals surface area (Å²) < 4.78 is 4.71. The van der Waals surface area contributed by atoms with E-state index in [1.54, 1.807) is 6.92 Å². The molecule has 1 heterocycles. The van der Waals surface area contributed by atoms with Crippen molar-refractivity contribution in [2.75, 3.05) is 26.2 Å². The molecular weight excluding hydrogens is 222 g/mol. The zero-order valence-electron chi connectivity index (χ0n) is 10.4. The molecule has 5 heteroatoms. The van der Waals surface area contributed by atoms with Crippen molar-refractivity contribution in [3.8, 4) is 0 Å². The number of rotatable bonds is 5. The van der Waals surface area contributed by atoms with Gasteiger partial charge in [0, 0.05) is 25.4 Å². The van der Waals surface area contributed by atoms with E-state index in [0.29, 0.717) is 26.1 Å². The minimum Gasteiger partial charge on any atom is -0.466 e. The van der Waals surface area contributed by atoms with Crippen molar-refractivity contribution >= 4 is 17.5 Å². The number of ketones is 2. The molecule has 0 N–H and O–H groups in total. The molecule has 1 unspecified atom stereocenters. The maximum atomic E-state index is 11.6. The summed E-state index contributed by atoms with van der Waals surface area (Å²) in [5.41, 5.74) is 0. The molecule has 1 atom stereocenters. The van der Waals surface area contributed by atoms with E-state index < -0.39 is 5.97 Å². The van der Waals surface area contributed by atoms with E-state index in [0.717, 1.165) is 0 Å². The number of hydrogen-bond donors (Lipinski definition) is 0. The lowest BCUT2D eigenvalue weighted by molar-refractivity contribution is -0.146. The van der Waals surface area contributed by atoms with Crippen LogP contribution in [0.25, 0.3) is 0 Å². The average molecular weight is 241 g/mol. The van der Waals surface area contributed by atoms with Gasteiger partial charge < -0.3 is 4.74 Å². The summed E-state index contributed by atoms with van der Waals surface area (Å²) in [6.45, 7) is 5.31. The second kappa shape index (κ2) is 6.49. The van der Waals surface area contributed by atoms with Gasteiger partial charge in [0.15, 0.2) is 5.78 Å². The predicted molar refractivity (Wildman–Crippen MR) is 61.5 cm³/mol. The summed E-state index contributed by atoms with van der Waals surface area (Å²) in [4.78, 5) is 35.9. The smallest absolute Gasteiger partial charge is 0.313 e. The highest BCUT2D eigenvalue weighted by atomic mass is 16.5. The van der Waals surface area contributed by atoms with Crippen molar-refractivity contribution in [3.63, 3.8) is 0 Å². The van der Waals surface area contributed by atoms with Crippen molar-refractivity contribution in [2.45, 2.75) is 26.7 Å². The first-order valence-corrected chi connectivity index (χ1v) is 5.95. The Morgan fingerprint density at radius 1 is 1.47 bits per heavy atom. The second-order valence-corrected chi connectivity index (χ2v) is 4.37. The normalized spacial score (nSPS) is 21.3. The van der Waals surface area contributed by atoms with Crippen LogP contribution in [0.15, 0.2) is 0 Å². The lowest BCUT2D eigenvalue weighted by Crippen LogP contribution is -2.42. The van der Waals surface area contributed by atoms with Gasteiger partial charge in [0.1, 0.15) is 12.2 Å². The second-order valence-electron chi connectivity index (χ2n) is 4.37. The van der Waals surface area contributed by atoms with Gasteiger partial charge in [-0.25, -0.2) is 0 Å². The number of hydrogen-bond acceptors (Lipinski definition) is 5. The van der Waals surface area contributed by atoms with Crippen molar-refractivity contribution in [3.05, 3.63) is 0 Å². The number of piperidine rings is 1. The van der Waals surface area contributed by atoms with Crippen molar-refractivity contribution in [1.82, 2.24) is 4.90 Å². The summed E-state index contributed by atoms with van der Waals surface area (Å²) in [5.74, 6) is -0.387. The number of likely N-dealkylation sites (tertiary alicyclic amines) is 1. The van der Waals surface area contributed by atoms with Crippen LogP contribution in [0.2, 0.25) is 0 Å². The Morgan fingerprint density at radius 2 is 2.18 bits per heavy atom. The molecule has 1 aliphatic rings. The minimum atomic E-state index is -0.473. The number of esters is 1. The molecule has 1 aliphatic heterocycles. The van der Waals surface area contributed by atoms with Gasteiger partial charge >= 0.3 is 5.97 Å². The molecule has 0 bridgehead atoms. The molecule has 1 rings (SSSR count). The summed E-state index contributed by atoms with van der Waals surface area (Å²) in [6, 6.07) is 0. The van der Waals surface area contributed by atoms with E-state index in [1.807, 2.05) is 11.8 Å². The highest BCUT2D eigenvalue weighted by Gasteiger charge is 2.25. The van der Waals surface area contributed by atoms with E-state index in [4.69, 9.17) is 4.74 Å². The summed E-state index contributed by atoms with van der Waals surface area (Å²) in [7, 11) is 0. The van der Waals surface area contributed by atoms with E-state index in [9.17, 15) is 14.4 Å². The molecule has 0 aromatic heterocycles. The predicted octanol–water partition coefficient (Wildman–Crippen LogP) is 0.420. The van der Waals surface area contributed by atoms with E-state index in [2.05, 4.69) is 0 Å². The third-order valence-corrected chi connectivity index (χ3v) is 2.80. The first kappa shape index (κ1) is 13.8. The van der Waals surface area contributed by atoms with Crippen LogP contribution < -0.4 is 0 Å². The Kier molecular flexibility index (Phi) is 5.28. The highest BCUT2D eigenvalue weighted by Crippen LogP contribution is 2.12. The van der Waals surface area contributed by atoms with Crippen LogP contribution in [-0.2, 0) is 19.1 Å². The van der Waals surface area contributed by atoms with E-state index >= 15 is 0 Å². The lowest BCUT2D eigenvalue weighted by atomic mass is 9.98. The van der Waals surface area contributed by atoms with Gasteiger partial charge in [-0.3, -0.25) is 19.3 Å². The van der Waals surface area contributed by atoms with Crippen molar-refractivity contribution < 1.29 is 19.1 Å². The maximum Gasteiger partial charge on any atom is 0.313 e. The SMILES string of the molecule is CCOC(=O)CC(=O)CN1CCC(=O)C(C)C1. The van der Waals surface area contributed by atoms with Gasteiger partial charge in [-0.2, -0.15) is 0 Å². The molecule has 0 amide bonds. The van der Waals surface area contributed by atoms with E-state index in [-0.39, 0.29) is 30.4 Å². The van der Waals surface area contributed by atoms with Crippen LogP contribution in [0.5, 0.6) is 0 Å². The third kappa shape index (κ3) is 4.65. The van der Waals surface area contributed by atoms with Crippen LogP contribution >= 0.6 is 0 Å². The Labute approximate surface area is 101 Å². The zero-order chi connectivity index (χ0) is 12.8. The zero-order valence-corrected chi connectivity index (χ0v) is 10.4. The molecule has 0 aliphatic carbocycles. The topological polar surface area (TPSA) is 63.7 Å². The molecular formula is C12H19NO4. The Balaban J connectivity index is 2.31. The standard InChI is InChI=1S/C12H19NO4/c1-3-17-12(16)6-10(14)8-13-5-4-11(15)9(2)7-13/h9H,3-8H2,1-2H3.